The molecule has 76 valence electrons. The number of pyridine rings is 1. The molecule has 1 aromatic rings. The van der Waals surface area contributed by atoms with Crippen molar-refractivity contribution < 1.29 is 4.74 Å². The Morgan fingerprint density at radius 2 is 2.43 bits per heavy atom. The summed E-state index contributed by atoms with van der Waals surface area (Å²) in [5.41, 5.74) is 5.63. The largest absolute Gasteiger partial charge is 0.384 e. The highest BCUT2D eigenvalue weighted by Crippen LogP contribution is 2.15. The lowest BCUT2D eigenvalue weighted by Crippen LogP contribution is -2.41. The second kappa shape index (κ2) is 3.84. The second-order valence-corrected chi connectivity index (χ2v) is 3.55. The zero-order chi connectivity index (χ0) is 9.97. The highest BCUT2D eigenvalue weighted by molar-refractivity contribution is 5.45. The summed E-state index contributed by atoms with van der Waals surface area (Å²) in [5.74, 6) is 1.52. The van der Waals surface area contributed by atoms with Crippen LogP contribution in [0.2, 0.25) is 0 Å². The molecule has 1 aromatic heterocycles. The van der Waals surface area contributed by atoms with E-state index in [1.165, 1.54) is 0 Å². The molecule has 0 bridgehead atoms. The van der Waals surface area contributed by atoms with Crippen LogP contribution in [0.3, 0.4) is 0 Å². The molecule has 1 aliphatic heterocycles. The summed E-state index contributed by atoms with van der Waals surface area (Å²) in [6, 6.07) is 5.71. The van der Waals surface area contributed by atoms with Gasteiger partial charge in [0.25, 0.3) is 0 Å². The van der Waals surface area contributed by atoms with Gasteiger partial charge in [-0.1, -0.05) is 6.07 Å². The number of aromatic nitrogens is 1. The van der Waals surface area contributed by atoms with Crippen LogP contribution in [0.4, 0.5) is 11.6 Å². The van der Waals surface area contributed by atoms with E-state index in [-0.39, 0.29) is 6.10 Å². The van der Waals surface area contributed by atoms with Crippen LogP contribution in [0, 0.1) is 0 Å². The minimum Gasteiger partial charge on any atom is -0.384 e. The van der Waals surface area contributed by atoms with Crippen LogP contribution >= 0.6 is 0 Å². The number of anilines is 2. The van der Waals surface area contributed by atoms with Gasteiger partial charge in [0.1, 0.15) is 11.6 Å². The van der Waals surface area contributed by atoms with Gasteiger partial charge in [-0.2, -0.15) is 0 Å². The Labute approximate surface area is 83.7 Å². The number of hydrogen-bond donors (Lipinski definition) is 1. The van der Waals surface area contributed by atoms with E-state index >= 15 is 0 Å². The summed E-state index contributed by atoms with van der Waals surface area (Å²) in [6.45, 7) is 4.60. The summed E-state index contributed by atoms with van der Waals surface area (Å²) in [6.07, 6.45) is 0.270. The van der Waals surface area contributed by atoms with Crippen LogP contribution in [0.15, 0.2) is 18.2 Å². The molecule has 2 rings (SSSR count). The summed E-state index contributed by atoms with van der Waals surface area (Å²) in [7, 11) is 0. The summed E-state index contributed by atoms with van der Waals surface area (Å²) in [5, 5.41) is 0. The minimum absolute atomic E-state index is 0.270. The molecule has 2 heterocycles. The maximum absolute atomic E-state index is 5.63. The van der Waals surface area contributed by atoms with Crippen LogP contribution < -0.4 is 10.6 Å². The van der Waals surface area contributed by atoms with Crippen molar-refractivity contribution in [2.45, 2.75) is 13.0 Å². The fourth-order valence-corrected chi connectivity index (χ4v) is 1.64. The Kier molecular flexibility index (Phi) is 2.54. The molecule has 4 nitrogen and oxygen atoms in total. The van der Waals surface area contributed by atoms with Crippen molar-refractivity contribution in [2.24, 2.45) is 0 Å². The van der Waals surface area contributed by atoms with Crippen molar-refractivity contribution in [3.8, 4) is 0 Å². The summed E-state index contributed by atoms with van der Waals surface area (Å²) >= 11 is 0. The van der Waals surface area contributed by atoms with E-state index in [0.717, 1.165) is 25.5 Å². The normalized spacial score (nSPS) is 22.4. The molecule has 1 unspecified atom stereocenters. The average molecular weight is 193 g/mol. The van der Waals surface area contributed by atoms with Gasteiger partial charge in [-0.05, 0) is 19.1 Å². The molecule has 0 saturated carbocycles. The minimum atomic E-state index is 0.270. The molecule has 1 saturated heterocycles. The second-order valence-electron chi connectivity index (χ2n) is 3.55. The van der Waals surface area contributed by atoms with E-state index in [2.05, 4.69) is 16.8 Å². The van der Waals surface area contributed by atoms with Crippen molar-refractivity contribution in [1.29, 1.82) is 0 Å². The molecular formula is C10H15N3O. The Hall–Kier alpha value is -1.29. The van der Waals surface area contributed by atoms with Gasteiger partial charge in [0.05, 0.1) is 12.7 Å². The van der Waals surface area contributed by atoms with E-state index in [9.17, 15) is 0 Å². The first kappa shape index (κ1) is 9.27. The highest BCUT2D eigenvalue weighted by atomic mass is 16.5. The monoisotopic (exact) mass is 193 g/mol. The van der Waals surface area contributed by atoms with Gasteiger partial charge in [0, 0.05) is 13.1 Å². The maximum atomic E-state index is 5.63. The van der Waals surface area contributed by atoms with E-state index in [1.54, 1.807) is 6.07 Å². The SMILES string of the molecule is CC1CN(c2cccc(N)n2)CCO1. The van der Waals surface area contributed by atoms with Gasteiger partial charge in [-0.25, -0.2) is 4.98 Å². The molecule has 1 atom stereocenters. The van der Waals surface area contributed by atoms with Gasteiger partial charge in [-0.3, -0.25) is 0 Å². The van der Waals surface area contributed by atoms with Crippen molar-refractivity contribution in [3.05, 3.63) is 18.2 Å². The van der Waals surface area contributed by atoms with Crippen LogP contribution in [0.25, 0.3) is 0 Å². The first-order valence-electron chi connectivity index (χ1n) is 4.85. The van der Waals surface area contributed by atoms with Crippen molar-refractivity contribution in [1.82, 2.24) is 4.98 Å². The van der Waals surface area contributed by atoms with Crippen molar-refractivity contribution in [2.75, 3.05) is 30.3 Å². The molecule has 0 aromatic carbocycles. The molecule has 2 N–H and O–H groups in total. The predicted octanol–water partition coefficient (Wildman–Crippen LogP) is 0.889. The third kappa shape index (κ3) is 1.96. The van der Waals surface area contributed by atoms with E-state index < -0.39 is 0 Å². The van der Waals surface area contributed by atoms with Crippen molar-refractivity contribution >= 4 is 11.6 Å². The Morgan fingerprint density at radius 1 is 1.57 bits per heavy atom. The third-order valence-corrected chi connectivity index (χ3v) is 2.32. The average Bonchev–Trinajstić information content (AvgIpc) is 2.18. The summed E-state index contributed by atoms with van der Waals surface area (Å²) < 4.78 is 5.46. The highest BCUT2D eigenvalue weighted by Gasteiger charge is 2.17. The quantitative estimate of drug-likeness (QED) is 0.719. The topological polar surface area (TPSA) is 51.4 Å². The van der Waals surface area contributed by atoms with Gasteiger partial charge >= 0.3 is 0 Å². The molecule has 14 heavy (non-hydrogen) atoms. The van der Waals surface area contributed by atoms with Crippen molar-refractivity contribution in [3.63, 3.8) is 0 Å². The summed E-state index contributed by atoms with van der Waals surface area (Å²) in [4.78, 5) is 6.48. The van der Waals surface area contributed by atoms with Gasteiger partial charge in [-0.15, -0.1) is 0 Å². The standard InChI is InChI=1S/C10H15N3O/c1-8-7-13(5-6-14-8)10-4-2-3-9(11)12-10/h2-4,8H,5-7H2,1H3,(H2,11,12). The Bertz CT molecular complexity index is 316. The molecule has 0 amide bonds. The predicted molar refractivity (Wildman–Crippen MR) is 56.3 cm³/mol. The molecule has 4 heteroatoms. The molecule has 0 spiro atoms. The number of hydrogen-bond acceptors (Lipinski definition) is 4. The number of morpholine rings is 1. The van der Waals surface area contributed by atoms with E-state index in [1.807, 2.05) is 12.1 Å². The van der Waals surface area contributed by atoms with E-state index in [0.29, 0.717) is 5.82 Å². The van der Waals surface area contributed by atoms with Crippen LogP contribution in [0.1, 0.15) is 6.92 Å². The van der Waals surface area contributed by atoms with Crippen LogP contribution in [-0.2, 0) is 4.74 Å². The lowest BCUT2D eigenvalue weighted by molar-refractivity contribution is 0.0529. The molecule has 1 fully saturated rings. The lowest BCUT2D eigenvalue weighted by atomic mass is 10.3. The smallest absolute Gasteiger partial charge is 0.131 e. The van der Waals surface area contributed by atoms with Gasteiger partial charge in [0.2, 0.25) is 0 Å². The van der Waals surface area contributed by atoms with Crippen LogP contribution in [0.5, 0.6) is 0 Å². The number of nitrogen functional groups attached to an aromatic ring is 1. The fourth-order valence-electron chi connectivity index (χ4n) is 1.64. The van der Waals surface area contributed by atoms with Crippen LogP contribution in [-0.4, -0.2) is 30.8 Å². The van der Waals surface area contributed by atoms with E-state index in [4.69, 9.17) is 10.5 Å². The Balaban J connectivity index is 2.14. The number of nitrogens with zero attached hydrogens (tertiary/aromatic N) is 2. The zero-order valence-electron chi connectivity index (χ0n) is 8.31. The molecule has 0 radical (unpaired) electrons. The number of rotatable bonds is 1. The number of nitrogens with two attached hydrogens (primary N) is 1. The number of ether oxygens (including phenoxy) is 1. The third-order valence-electron chi connectivity index (χ3n) is 2.32. The lowest BCUT2D eigenvalue weighted by Gasteiger charge is -2.32. The fraction of sp³-hybridized carbons (Fsp3) is 0.500. The first-order chi connectivity index (χ1) is 6.75. The molecule has 1 aliphatic rings. The Morgan fingerprint density at radius 3 is 3.14 bits per heavy atom. The maximum Gasteiger partial charge on any atom is 0.131 e. The zero-order valence-corrected chi connectivity index (χ0v) is 8.31. The van der Waals surface area contributed by atoms with Gasteiger partial charge < -0.3 is 15.4 Å². The van der Waals surface area contributed by atoms with Gasteiger partial charge in [0.15, 0.2) is 0 Å². The first-order valence-corrected chi connectivity index (χ1v) is 4.85. The molecular weight excluding hydrogens is 178 g/mol. The molecule has 0 aliphatic carbocycles.